The zero-order valence-corrected chi connectivity index (χ0v) is 14.9. The highest BCUT2D eigenvalue weighted by atomic mass is 35.5. The van der Waals surface area contributed by atoms with Gasteiger partial charge in [-0.2, -0.15) is 5.26 Å². The van der Waals surface area contributed by atoms with E-state index in [1.807, 2.05) is 6.92 Å². The molecule has 1 unspecified atom stereocenters. The lowest BCUT2D eigenvalue weighted by Crippen LogP contribution is -2.27. The van der Waals surface area contributed by atoms with Gasteiger partial charge in [-0.25, -0.2) is 0 Å². The Morgan fingerprint density at radius 3 is 2.73 bits per heavy atom. The van der Waals surface area contributed by atoms with Crippen LogP contribution >= 0.6 is 11.6 Å². The summed E-state index contributed by atoms with van der Waals surface area (Å²) >= 11 is 5.88. The molecular weight excluding hydrogens is 352 g/mol. The Hall–Kier alpha value is -3.10. The predicted octanol–water partition coefficient (Wildman–Crippen LogP) is 4.10. The molecule has 6 heteroatoms. The first kappa shape index (κ1) is 19.2. The summed E-state index contributed by atoms with van der Waals surface area (Å²) in [4.78, 5) is 24.6. The van der Waals surface area contributed by atoms with E-state index in [0.717, 1.165) is 0 Å². The van der Waals surface area contributed by atoms with Gasteiger partial charge in [-0.15, -0.1) is 0 Å². The van der Waals surface area contributed by atoms with Gasteiger partial charge in [0, 0.05) is 5.02 Å². The fourth-order valence-electron chi connectivity index (χ4n) is 2.19. The van der Waals surface area contributed by atoms with Gasteiger partial charge in [-0.3, -0.25) is 9.59 Å². The maximum Gasteiger partial charge on any atom is 0.249 e. The number of rotatable bonds is 7. The molecule has 26 heavy (non-hydrogen) atoms. The maximum absolute atomic E-state index is 12.3. The summed E-state index contributed by atoms with van der Waals surface area (Å²) in [5.41, 5.74) is 1.11. The van der Waals surface area contributed by atoms with Crippen molar-refractivity contribution in [2.45, 2.75) is 6.92 Å². The highest BCUT2D eigenvalue weighted by Gasteiger charge is 2.25. The molecule has 132 valence electrons. The molecule has 0 radical (unpaired) electrons. The number of nitrogens with one attached hydrogen (secondary N) is 1. The van der Waals surface area contributed by atoms with Crippen LogP contribution < -0.4 is 10.1 Å². The van der Waals surface area contributed by atoms with Gasteiger partial charge >= 0.3 is 0 Å². The molecule has 0 saturated carbocycles. The van der Waals surface area contributed by atoms with E-state index in [-0.39, 0.29) is 0 Å². The van der Waals surface area contributed by atoms with Gasteiger partial charge in [0.25, 0.3) is 0 Å². The van der Waals surface area contributed by atoms with Crippen LogP contribution in [0.2, 0.25) is 5.02 Å². The fraction of sp³-hybridized carbons (Fsp3) is 0.150. The number of hydrogen-bond acceptors (Lipinski definition) is 4. The first-order valence-corrected chi connectivity index (χ1v) is 8.32. The van der Waals surface area contributed by atoms with Crippen molar-refractivity contribution in [2.24, 2.45) is 5.92 Å². The number of halogens is 1. The molecule has 2 rings (SSSR count). The second-order valence-corrected chi connectivity index (χ2v) is 5.71. The quantitative estimate of drug-likeness (QED) is 0.589. The number of nitrogens with zero attached hydrogens (tertiary/aromatic N) is 1. The molecule has 1 amide bonds. The molecule has 0 saturated heterocycles. The van der Waals surface area contributed by atoms with E-state index in [1.165, 1.54) is 12.2 Å². The van der Waals surface area contributed by atoms with Crippen molar-refractivity contribution in [3.8, 4) is 11.8 Å². The second-order valence-electron chi connectivity index (χ2n) is 5.27. The van der Waals surface area contributed by atoms with Gasteiger partial charge in [0.1, 0.15) is 5.75 Å². The molecule has 2 aromatic rings. The Kier molecular flexibility index (Phi) is 6.95. The number of amides is 1. The lowest BCUT2D eigenvalue weighted by Gasteiger charge is -2.12. The Morgan fingerprint density at radius 2 is 2.04 bits per heavy atom. The average Bonchev–Trinajstić information content (AvgIpc) is 2.62. The second kappa shape index (κ2) is 9.40. The number of anilines is 1. The van der Waals surface area contributed by atoms with E-state index in [1.54, 1.807) is 54.6 Å². The van der Waals surface area contributed by atoms with Gasteiger partial charge in [0.2, 0.25) is 5.91 Å². The van der Waals surface area contributed by atoms with Gasteiger partial charge in [-0.1, -0.05) is 41.9 Å². The molecule has 1 N–H and O–H groups in total. The van der Waals surface area contributed by atoms with Crippen molar-refractivity contribution in [1.29, 1.82) is 5.26 Å². The minimum Gasteiger partial charge on any atom is -0.492 e. The number of allylic oxidation sites excluding steroid dienone is 1. The van der Waals surface area contributed by atoms with Gasteiger partial charge < -0.3 is 10.1 Å². The van der Waals surface area contributed by atoms with Crippen molar-refractivity contribution in [2.75, 3.05) is 11.9 Å². The third-order valence-corrected chi connectivity index (χ3v) is 3.64. The Balaban J connectivity index is 2.11. The summed E-state index contributed by atoms with van der Waals surface area (Å²) in [7, 11) is 0. The van der Waals surface area contributed by atoms with Crippen molar-refractivity contribution in [1.82, 2.24) is 0 Å². The van der Waals surface area contributed by atoms with E-state index in [9.17, 15) is 14.9 Å². The number of benzene rings is 2. The maximum atomic E-state index is 12.3. The molecule has 0 fully saturated rings. The van der Waals surface area contributed by atoms with Crippen LogP contribution in [-0.4, -0.2) is 18.3 Å². The predicted molar refractivity (Wildman–Crippen MR) is 101 cm³/mol. The molecule has 1 atom stereocenters. The summed E-state index contributed by atoms with van der Waals surface area (Å²) in [6.07, 6.45) is 2.72. The van der Waals surface area contributed by atoms with Crippen LogP contribution in [0.3, 0.4) is 0 Å². The van der Waals surface area contributed by atoms with Crippen LogP contribution in [0, 0.1) is 17.2 Å². The highest BCUT2D eigenvalue weighted by Crippen LogP contribution is 2.24. The summed E-state index contributed by atoms with van der Waals surface area (Å²) < 4.78 is 5.42. The largest absolute Gasteiger partial charge is 0.492 e. The lowest BCUT2D eigenvalue weighted by atomic mass is 10.0. The number of nitriles is 1. The fourth-order valence-corrected chi connectivity index (χ4v) is 2.39. The summed E-state index contributed by atoms with van der Waals surface area (Å²) in [6, 6.07) is 15.5. The first-order chi connectivity index (χ1) is 12.5. The molecule has 0 aromatic heterocycles. The summed E-state index contributed by atoms with van der Waals surface area (Å²) in [5.74, 6) is -2.30. The smallest absolute Gasteiger partial charge is 0.249 e. The van der Waals surface area contributed by atoms with Crippen LogP contribution in [0.1, 0.15) is 12.5 Å². The molecule has 0 heterocycles. The Labute approximate surface area is 156 Å². The Bertz CT molecular complexity index is 871. The van der Waals surface area contributed by atoms with E-state index in [2.05, 4.69) is 5.32 Å². The van der Waals surface area contributed by atoms with Crippen LogP contribution in [-0.2, 0) is 9.59 Å². The van der Waals surface area contributed by atoms with Crippen molar-refractivity contribution < 1.29 is 14.3 Å². The van der Waals surface area contributed by atoms with Crippen LogP contribution in [0.5, 0.6) is 5.75 Å². The van der Waals surface area contributed by atoms with E-state index >= 15 is 0 Å². The minimum atomic E-state index is -1.46. The molecule has 2 aromatic carbocycles. The molecular formula is C20H17ClN2O3. The third-order valence-electron chi connectivity index (χ3n) is 3.41. The first-order valence-electron chi connectivity index (χ1n) is 7.95. The standard InChI is InChI=1S/C20H17ClN2O3/c1-2-26-19-9-4-3-8-17(19)23-20(25)16(13-22)18(24)11-10-14-6-5-7-15(21)12-14/h3-12,16H,2H2,1H3,(H,23,25)/b11-10+. The summed E-state index contributed by atoms with van der Waals surface area (Å²) in [6.45, 7) is 2.25. The summed E-state index contributed by atoms with van der Waals surface area (Å²) in [5, 5.41) is 12.3. The monoisotopic (exact) mass is 368 g/mol. The number of hydrogen-bond donors (Lipinski definition) is 1. The molecule has 0 aliphatic heterocycles. The van der Waals surface area contributed by atoms with E-state index < -0.39 is 17.6 Å². The Morgan fingerprint density at radius 1 is 1.27 bits per heavy atom. The van der Waals surface area contributed by atoms with Crippen LogP contribution in [0.25, 0.3) is 6.08 Å². The average molecular weight is 369 g/mol. The molecule has 0 spiro atoms. The minimum absolute atomic E-state index is 0.409. The number of carbonyl (C=O) groups is 2. The van der Waals surface area contributed by atoms with Crippen molar-refractivity contribution in [3.63, 3.8) is 0 Å². The molecule has 0 aliphatic rings. The lowest BCUT2D eigenvalue weighted by molar-refractivity contribution is -0.126. The molecule has 0 bridgehead atoms. The van der Waals surface area contributed by atoms with Crippen LogP contribution in [0.15, 0.2) is 54.6 Å². The SMILES string of the molecule is CCOc1ccccc1NC(=O)C(C#N)C(=O)/C=C/c1cccc(Cl)c1. The zero-order valence-electron chi connectivity index (χ0n) is 14.1. The number of ether oxygens (including phenoxy) is 1. The number of para-hydroxylation sites is 2. The van der Waals surface area contributed by atoms with Gasteiger partial charge in [0.05, 0.1) is 18.4 Å². The van der Waals surface area contributed by atoms with E-state index in [4.69, 9.17) is 16.3 Å². The highest BCUT2D eigenvalue weighted by molar-refractivity contribution is 6.30. The number of ketones is 1. The third kappa shape index (κ3) is 5.20. The van der Waals surface area contributed by atoms with Crippen LogP contribution in [0.4, 0.5) is 5.69 Å². The molecule has 0 aliphatic carbocycles. The molecule has 5 nitrogen and oxygen atoms in total. The topological polar surface area (TPSA) is 79.2 Å². The van der Waals surface area contributed by atoms with Crippen molar-refractivity contribution >= 4 is 35.1 Å². The van der Waals surface area contributed by atoms with Gasteiger partial charge in [0.15, 0.2) is 11.7 Å². The number of carbonyl (C=O) groups excluding carboxylic acids is 2. The normalized spacial score (nSPS) is 11.6. The van der Waals surface area contributed by atoms with Crippen molar-refractivity contribution in [3.05, 3.63) is 65.2 Å². The van der Waals surface area contributed by atoms with Gasteiger partial charge in [-0.05, 0) is 42.8 Å². The van der Waals surface area contributed by atoms with E-state index in [0.29, 0.717) is 28.6 Å². The zero-order chi connectivity index (χ0) is 18.9.